The molecule has 0 spiro atoms. The molecule has 0 unspecified atom stereocenters. The molecule has 0 amide bonds. The van der Waals surface area contributed by atoms with Gasteiger partial charge < -0.3 is 4.74 Å². The van der Waals surface area contributed by atoms with Crippen molar-refractivity contribution in [3.8, 4) is 0 Å². The highest BCUT2D eigenvalue weighted by Gasteiger charge is 2.49. The van der Waals surface area contributed by atoms with Gasteiger partial charge in [-0.25, -0.2) is 0 Å². The lowest BCUT2D eigenvalue weighted by atomic mass is 10.5. The molecular formula is C4H7F3O. The SMILES string of the molecule is C.FC(F)(F)[C@H]1CO1. The van der Waals surface area contributed by atoms with Crippen LogP contribution in [0, 0.1) is 0 Å². The zero-order chi connectivity index (χ0) is 5.49. The number of epoxide rings is 1. The summed E-state index contributed by atoms with van der Waals surface area (Å²) in [4.78, 5) is 0. The topological polar surface area (TPSA) is 12.5 Å². The molecule has 0 saturated carbocycles. The summed E-state index contributed by atoms with van der Waals surface area (Å²) in [6.07, 6.45) is -5.56. The molecule has 1 aliphatic rings. The highest BCUT2D eigenvalue weighted by Crippen LogP contribution is 2.30. The molecule has 0 N–H and O–H groups in total. The van der Waals surface area contributed by atoms with Gasteiger partial charge in [0.25, 0.3) is 0 Å². The van der Waals surface area contributed by atoms with Crippen molar-refractivity contribution in [1.29, 1.82) is 0 Å². The van der Waals surface area contributed by atoms with Gasteiger partial charge in [0, 0.05) is 0 Å². The van der Waals surface area contributed by atoms with E-state index in [1.165, 1.54) is 0 Å². The van der Waals surface area contributed by atoms with Gasteiger partial charge >= 0.3 is 6.18 Å². The predicted molar refractivity (Wildman–Crippen MR) is 22.5 cm³/mol. The Hall–Kier alpha value is -0.250. The lowest BCUT2D eigenvalue weighted by Crippen LogP contribution is -2.15. The number of halogens is 3. The molecule has 1 fully saturated rings. The first-order valence-corrected chi connectivity index (χ1v) is 1.79. The fourth-order valence-electron chi connectivity index (χ4n) is 0.237. The van der Waals surface area contributed by atoms with E-state index in [2.05, 4.69) is 4.74 Å². The zero-order valence-corrected chi connectivity index (χ0v) is 3.33. The Morgan fingerprint density at radius 2 is 1.75 bits per heavy atom. The molecule has 1 heterocycles. The van der Waals surface area contributed by atoms with Crippen LogP contribution < -0.4 is 0 Å². The Bertz CT molecular complexity index is 73.8. The van der Waals surface area contributed by atoms with E-state index in [-0.39, 0.29) is 14.0 Å². The van der Waals surface area contributed by atoms with Gasteiger partial charge in [-0.3, -0.25) is 0 Å². The summed E-state index contributed by atoms with van der Waals surface area (Å²) in [6, 6.07) is 0. The van der Waals surface area contributed by atoms with E-state index in [1.807, 2.05) is 0 Å². The molecule has 0 aromatic carbocycles. The van der Waals surface area contributed by atoms with Gasteiger partial charge in [0.2, 0.25) is 0 Å². The molecule has 0 aliphatic carbocycles. The third kappa shape index (κ3) is 1.69. The summed E-state index contributed by atoms with van der Waals surface area (Å²) < 4.78 is 37.3. The maximum absolute atomic E-state index is 11.1. The fraction of sp³-hybridized carbons (Fsp3) is 1.00. The normalized spacial score (nSPS) is 26.6. The van der Waals surface area contributed by atoms with E-state index < -0.39 is 12.3 Å². The molecule has 0 aromatic heterocycles. The predicted octanol–water partition coefficient (Wildman–Crippen LogP) is 1.58. The van der Waals surface area contributed by atoms with E-state index in [9.17, 15) is 13.2 Å². The number of hydrogen-bond donors (Lipinski definition) is 0. The molecular weight excluding hydrogens is 121 g/mol. The summed E-state index contributed by atoms with van der Waals surface area (Å²) in [5.41, 5.74) is 0. The minimum atomic E-state index is -4.11. The smallest absolute Gasteiger partial charge is 0.363 e. The van der Waals surface area contributed by atoms with Crippen LogP contribution in [0.1, 0.15) is 7.43 Å². The van der Waals surface area contributed by atoms with Crippen LogP contribution in [0.4, 0.5) is 13.2 Å². The van der Waals surface area contributed by atoms with Crippen molar-refractivity contribution in [3.63, 3.8) is 0 Å². The van der Waals surface area contributed by atoms with E-state index >= 15 is 0 Å². The highest BCUT2D eigenvalue weighted by molar-refractivity contribution is 4.76. The van der Waals surface area contributed by atoms with Gasteiger partial charge in [0.1, 0.15) is 0 Å². The monoisotopic (exact) mass is 128 g/mol. The summed E-state index contributed by atoms with van der Waals surface area (Å²) in [7, 11) is 0. The largest absolute Gasteiger partial charge is 0.416 e. The maximum Gasteiger partial charge on any atom is 0.416 e. The van der Waals surface area contributed by atoms with Crippen LogP contribution in [-0.2, 0) is 4.74 Å². The van der Waals surface area contributed by atoms with E-state index in [1.54, 1.807) is 0 Å². The number of alkyl halides is 3. The quantitative estimate of drug-likeness (QED) is 0.451. The first-order chi connectivity index (χ1) is 3.11. The molecule has 1 aliphatic heterocycles. The fourth-order valence-corrected chi connectivity index (χ4v) is 0.237. The van der Waals surface area contributed by atoms with Crippen molar-refractivity contribution in [2.45, 2.75) is 19.7 Å². The lowest BCUT2D eigenvalue weighted by Gasteiger charge is -1.96. The molecule has 0 radical (unpaired) electrons. The summed E-state index contributed by atoms with van der Waals surface area (Å²) in [6.45, 7) is -0.149. The third-order valence-corrected chi connectivity index (χ3v) is 0.698. The minimum Gasteiger partial charge on any atom is -0.363 e. The molecule has 1 atom stereocenters. The summed E-state index contributed by atoms with van der Waals surface area (Å²) in [5, 5.41) is 0. The summed E-state index contributed by atoms with van der Waals surface area (Å²) >= 11 is 0. The number of rotatable bonds is 0. The average Bonchev–Trinajstić information content (AvgIpc) is 1.99. The van der Waals surface area contributed by atoms with Crippen LogP contribution in [0.3, 0.4) is 0 Å². The molecule has 0 bridgehead atoms. The van der Waals surface area contributed by atoms with Crippen LogP contribution in [0.15, 0.2) is 0 Å². The second-order valence-corrected chi connectivity index (χ2v) is 1.36. The maximum atomic E-state index is 11.1. The Kier molecular flexibility index (Phi) is 1.87. The minimum absolute atomic E-state index is 0. The van der Waals surface area contributed by atoms with Crippen molar-refractivity contribution in [2.75, 3.05) is 6.61 Å². The first-order valence-electron chi connectivity index (χ1n) is 1.79. The van der Waals surface area contributed by atoms with Crippen LogP contribution in [0.25, 0.3) is 0 Å². The molecule has 4 heteroatoms. The average molecular weight is 128 g/mol. The van der Waals surface area contributed by atoms with Crippen molar-refractivity contribution < 1.29 is 17.9 Å². The van der Waals surface area contributed by atoms with Crippen LogP contribution in [0.2, 0.25) is 0 Å². The Morgan fingerprint density at radius 1 is 1.38 bits per heavy atom. The standard InChI is InChI=1S/C3H3F3O.CH4/c4-3(5,6)2-1-7-2;/h2H,1H2;1H4/t2-;/m1./s1. The Labute approximate surface area is 45.4 Å². The van der Waals surface area contributed by atoms with E-state index in [0.717, 1.165) is 0 Å². The van der Waals surface area contributed by atoms with E-state index in [4.69, 9.17) is 0 Å². The number of hydrogen-bond acceptors (Lipinski definition) is 1. The molecule has 50 valence electrons. The highest BCUT2D eigenvalue weighted by atomic mass is 19.4. The molecule has 1 rings (SSSR count). The van der Waals surface area contributed by atoms with Crippen molar-refractivity contribution in [2.24, 2.45) is 0 Å². The Morgan fingerprint density at radius 3 is 1.75 bits per heavy atom. The van der Waals surface area contributed by atoms with Crippen molar-refractivity contribution in [1.82, 2.24) is 0 Å². The second kappa shape index (κ2) is 1.93. The van der Waals surface area contributed by atoms with Gasteiger partial charge in [-0.2, -0.15) is 13.2 Å². The molecule has 1 nitrogen and oxygen atoms in total. The van der Waals surface area contributed by atoms with Gasteiger partial charge in [-0.15, -0.1) is 0 Å². The molecule has 0 aromatic rings. The van der Waals surface area contributed by atoms with Crippen LogP contribution in [0.5, 0.6) is 0 Å². The Balaban J connectivity index is 0.000000490. The second-order valence-electron chi connectivity index (χ2n) is 1.36. The van der Waals surface area contributed by atoms with Crippen LogP contribution in [-0.4, -0.2) is 18.9 Å². The van der Waals surface area contributed by atoms with E-state index in [0.29, 0.717) is 0 Å². The van der Waals surface area contributed by atoms with Gasteiger partial charge in [-0.05, 0) is 0 Å². The summed E-state index contributed by atoms with van der Waals surface area (Å²) in [5.74, 6) is 0. The lowest BCUT2D eigenvalue weighted by molar-refractivity contribution is -0.146. The molecule has 8 heavy (non-hydrogen) atoms. The van der Waals surface area contributed by atoms with Crippen LogP contribution >= 0.6 is 0 Å². The van der Waals surface area contributed by atoms with Gasteiger partial charge in [0.05, 0.1) is 6.61 Å². The van der Waals surface area contributed by atoms with Crippen molar-refractivity contribution in [3.05, 3.63) is 0 Å². The van der Waals surface area contributed by atoms with Gasteiger partial charge in [-0.1, -0.05) is 7.43 Å². The first kappa shape index (κ1) is 7.75. The van der Waals surface area contributed by atoms with Crippen molar-refractivity contribution >= 4 is 0 Å². The molecule has 1 saturated heterocycles. The number of ether oxygens (including phenoxy) is 1. The zero-order valence-electron chi connectivity index (χ0n) is 3.33. The third-order valence-electron chi connectivity index (χ3n) is 0.698. The van der Waals surface area contributed by atoms with Gasteiger partial charge in [0.15, 0.2) is 6.10 Å².